The average molecular weight is 473 g/mol. The monoisotopic (exact) mass is 472 g/mol. The highest BCUT2D eigenvalue weighted by atomic mass is 32.1. The molecule has 0 saturated carbocycles. The zero-order valence-electron chi connectivity index (χ0n) is 18.1. The third-order valence-electron chi connectivity index (χ3n) is 5.16. The lowest BCUT2D eigenvalue weighted by molar-refractivity contribution is -0.122. The Balaban J connectivity index is 1.49. The van der Waals surface area contributed by atoms with Gasteiger partial charge in [-0.15, -0.1) is 0 Å². The predicted octanol–water partition coefficient (Wildman–Crippen LogP) is 4.10. The molecule has 3 aromatic rings. The van der Waals surface area contributed by atoms with Gasteiger partial charge in [0.05, 0.1) is 11.3 Å². The molecule has 7 nitrogen and oxygen atoms in total. The average Bonchev–Trinajstić information content (AvgIpc) is 2.82. The van der Waals surface area contributed by atoms with Crippen LogP contribution in [0.1, 0.15) is 27.0 Å². The van der Waals surface area contributed by atoms with Crippen LogP contribution in [0.25, 0.3) is 6.08 Å². The van der Waals surface area contributed by atoms with Crippen LogP contribution in [0, 0.1) is 6.92 Å². The van der Waals surface area contributed by atoms with Gasteiger partial charge in [0, 0.05) is 0 Å². The van der Waals surface area contributed by atoms with E-state index >= 15 is 0 Å². The first-order chi connectivity index (χ1) is 16.3. The van der Waals surface area contributed by atoms with Gasteiger partial charge >= 0.3 is 5.97 Å². The molecule has 3 aromatic carbocycles. The Labute approximate surface area is 201 Å². The van der Waals surface area contributed by atoms with E-state index in [0.29, 0.717) is 17.0 Å². The summed E-state index contributed by atoms with van der Waals surface area (Å²) < 4.78 is 5.73. The third kappa shape index (κ3) is 5.02. The van der Waals surface area contributed by atoms with Crippen molar-refractivity contribution in [3.05, 3.63) is 101 Å². The number of carbonyl (C=O) groups is 3. The first kappa shape index (κ1) is 22.9. The zero-order chi connectivity index (χ0) is 24.2. The van der Waals surface area contributed by atoms with Gasteiger partial charge < -0.3 is 9.84 Å². The highest BCUT2D eigenvalue weighted by Gasteiger charge is 2.34. The van der Waals surface area contributed by atoms with Gasteiger partial charge in [-0.25, -0.2) is 4.79 Å². The second-order valence-corrected chi connectivity index (χ2v) is 8.04. The smallest absolute Gasteiger partial charge is 0.335 e. The number of carbonyl (C=O) groups excluding carboxylic acids is 2. The minimum atomic E-state index is -0.998. The number of ether oxygens (including phenoxy) is 1. The molecule has 0 unspecified atom stereocenters. The Kier molecular flexibility index (Phi) is 6.51. The minimum absolute atomic E-state index is 0.0340. The van der Waals surface area contributed by atoms with Gasteiger partial charge in [-0.2, -0.15) is 0 Å². The summed E-state index contributed by atoms with van der Waals surface area (Å²) in [6.07, 6.45) is 1.50. The minimum Gasteiger partial charge on any atom is -0.489 e. The molecule has 170 valence electrons. The Morgan fingerprint density at radius 1 is 1.06 bits per heavy atom. The van der Waals surface area contributed by atoms with Gasteiger partial charge in [0.2, 0.25) is 0 Å². The second kappa shape index (κ2) is 9.68. The molecule has 2 N–H and O–H groups in total. The number of carboxylic acids is 1. The van der Waals surface area contributed by atoms with Gasteiger partial charge in [-0.1, -0.05) is 42.0 Å². The number of aryl methyl sites for hydroxylation is 1. The highest BCUT2D eigenvalue weighted by Crippen LogP contribution is 2.23. The summed E-state index contributed by atoms with van der Waals surface area (Å²) >= 11 is 5.22. The fourth-order valence-corrected chi connectivity index (χ4v) is 3.65. The molecular formula is C26H20N2O5S. The number of nitrogens with one attached hydrogen (secondary N) is 1. The summed E-state index contributed by atoms with van der Waals surface area (Å²) in [5, 5.41) is 11.7. The number of aromatic carboxylic acids is 1. The molecule has 0 radical (unpaired) electrons. The number of rotatable bonds is 6. The molecule has 0 atom stereocenters. The number of benzene rings is 3. The fraction of sp³-hybridized carbons (Fsp3) is 0.0769. The molecule has 0 aromatic heterocycles. The van der Waals surface area contributed by atoms with Crippen LogP contribution in [-0.4, -0.2) is 28.0 Å². The summed E-state index contributed by atoms with van der Waals surface area (Å²) in [7, 11) is 0. The van der Waals surface area contributed by atoms with Crippen LogP contribution in [0.2, 0.25) is 0 Å². The maximum Gasteiger partial charge on any atom is 0.335 e. The van der Waals surface area contributed by atoms with Gasteiger partial charge in [-0.05, 0) is 72.7 Å². The SMILES string of the molecule is Cc1ccc(N2C(=O)C(=Cc3ccc(OCc4cccc(C(=O)O)c4)cc3)C(=O)NC2=S)cc1. The van der Waals surface area contributed by atoms with Gasteiger partial charge in [-0.3, -0.25) is 19.8 Å². The topological polar surface area (TPSA) is 95.9 Å². The molecule has 0 spiro atoms. The number of thiocarbonyl (C=S) groups is 1. The molecule has 34 heavy (non-hydrogen) atoms. The first-order valence-electron chi connectivity index (χ1n) is 10.3. The molecule has 1 fully saturated rings. The maximum absolute atomic E-state index is 13.1. The van der Waals surface area contributed by atoms with E-state index in [0.717, 1.165) is 11.1 Å². The highest BCUT2D eigenvalue weighted by molar-refractivity contribution is 7.80. The van der Waals surface area contributed by atoms with Crippen LogP contribution < -0.4 is 15.0 Å². The molecule has 1 aliphatic heterocycles. The van der Waals surface area contributed by atoms with E-state index in [1.165, 1.54) is 17.0 Å². The van der Waals surface area contributed by atoms with E-state index in [1.54, 1.807) is 54.6 Å². The van der Waals surface area contributed by atoms with E-state index in [-0.39, 0.29) is 22.9 Å². The Morgan fingerprint density at radius 3 is 2.44 bits per heavy atom. The number of carboxylic acid groups (broad SMARTS) is 1. The summed E-state index contributed by atoms with van der Waals surface area (Å²) in [5.74, 6) is -1.50. The van der Waals surface area contributed by atoms with Crippen molar-refractivity contribution in [3.63, 3.8) is 0 Å². The van der Waals surface area contributed by atoms with E-state index in [2.05, 4.69) is 5.32 Å². The maximum atomic E-state index is 13.1. The van der Waals surface area contributed by atoms with Crippen LogP contribution >= 0.6 is 12.2 Å². The van der Waals surface area contributed by atoms with Gasteiger partial charge in [0.25, 0.3) is 11.8 Å². The molecule has 1 aliphatic rings. The van der Waals surface area contributed by atoms with Crippen molar-refractivity contribution in [3.8, 4) is 5.75 Å². The fourth-order valence-electron chi connectivity index (χ4n) is 3.37. The van der Waals surface area contributed by atoms with Crippen molar-refractivity contribution in [1.82, 2.24) is 5.32 Å². The van der Waals surface area contributed by atoms with Gasteiger partial charge in [0.1, 0.15) is 17.9 Å². The zero-order valence-corrected chi connectivity index (χ0v) is 19.0. The predicted molar refractivity (Wildman–Crippen MR) is 132 cm³/mol. The molecule has 1 saturated heterocycles. The number of hydrogen-bond donors (Lipinski definition) is 2. The van der Waals surface area contributed by atoms with Crippen molar-refractivity contribution in [1.29, 1.82) is 0 Å². The first-order valence-corrected chi connectivity index (χ1v) is 10.8. The molecule has 0 aliphatic carbocycles. The number of amides is 2. The molecule has 4 rings (SSSR count). The molecule has 8 heteroatoms. The van der Waals surface area contributed by atoms with E-state index < -0.39 is 17.8 Å². The molecular weight excluding hydrogens is 452 g/mol. The van der Waals surface area contributed by atoms with Crippen LogP contribution in [0.5, 0.6) is 5.75 Å². The van der Waals surface area contributed by atoms with Crippen molar-refractivity contribution < 1.29 is 24.2 Å². The van der Waals surface area contributed by atoms with Crippen LogP contribution in [-0.2, 0) is 16.2 Å². The normalized spacial score (nSPS) is 14.8. The second-order valence-electron chi connectivity index (χ2n) is 7.66. The largest absolute Gasteiger partial charge is 0.489 e. The number of nitrogens with zero attached hydrogens (tertiary/aromatic N) is 1. The summed E-state index contributed by atoms with van der Waals surface area (Å²) in [6.45, 7) is 2.14. The van der Waals surface area contributed by atoms with Crippen LogP contribution in [0.3, 0.4) is 0 Å². The number of anilines is 1. The summed E-state index contributed by atoms with van der Waals surface area (Å²) in [6, 6.07) is 20.6. The Morgan fingerprint density at radius 2 is 1.76 bits per heavy atom. The summed E-state index contributed by atoms with van der Waals surface area (Å²) in [5.41, 5.74) is 3.13. The lowest BCUT2D eigenvalue weighted by Gasteiger charge is -2.29. The summed E-state index contributed by atoms with van der Waals surface area (Å²) in [4.78, 5) is 37.9. The quantitative estimate of drug-likeness (QED) is 0.319. The van der Waals surface area contributed by atoms with Crippen molar-refractivity contribution in [2.45, 2.75) is 13.5 Å². The van der Waals surface area contributed by atoms with E-state index in [9.17, 15) is 14.4 Å². The Bertz CT molecular complexity index is 1310. The van der Waals surface area contributed by atoms with Crippen molar-refractivity contribution in [2.75, 3.05) is 4.90 Å². The van der Waals surface area contributed by atoms with Crippen molar-refractivity contribution in [2.24, 2.45) is 0 Å². The molecule has 2 amide bonds. The lowest BCUT2D eigenvalue weighted by Crippen LogP contribution is -2.54. The van der Waals surface area contributed by atoms with Crippen molar-refractivity contribution >= 4 is 46.9 Å². The lowest BCUT2D eigenvalue weighted by atomic mass is 10.1. The van der Waals surface area contributed by atoms with Crippen LogP contribution in [0.15, 0.2) is 78.4 Å². The van der Waals surface area contributed by atoms with Crippen LogP contribution in [0.4, 0.5) is 5.69 Å². The molecule has 1 heterocycles. The number of hydrogen-bond acceptors (Lipinski definition) is 5. The van der Waals surface area contributed by atoms with E-state index in [4.69, 9.17) is 22.1 Å². The standard InChI is InChI=1S/C26H20N2O5S/c1-16-5-9-20(10-6-16)28-24(30)22(23(29)27-26(28)34)14-17-7-11-21(12-8-17)33-15-18-3-2-4-19(13-18)25(31)32/h2-14H,15H2,1H3,(H,31,32)(H,27,29,34). The Hall–Kier alpha value is -4.30. The van der Waals surface area contributed by atoms with E-state index in [1.807, 2.05) is 19.1 Å². The van der Waals surface area contributed by atoms with Gasteiger partial charge in [0.15, 0.2) is 5.11 Å². The molecule has 0 bridgehead atoms. The third-order valence-corrected chi connectivity index (χ3v) is 5.45.